The zero-order valence-electron chi connectivity index (χ0n) is 8.47. The molecule has 2 aliphatic heterocycles. The van der Waals surface area contributed by atoms with E-state index in [1.54, 1.807) is 18.6 Å². The van der Waals surface area contributed by atoms with E-state index < -0.39 is 5.60 Å². The van der Waals surface area contributed by atoms with E-state index in [1.807, 2.05) is 0 Å². The number of rotatable bonds is 1. The highest BCUT2D eigenvalue weighted by Crippen LogP contribution is 2.42. The standard InChI is InChI=1S/C11H14N2O2/c14-11(10-7-12-3-4-13-10)5-8-1-2-9(6-11)15-8/h3-4,7-9,14H,1-2,5-6H2. The lowest BCUT2D eigenvalue weighted by Crippen LogP contribution is -2.39. The zero-order chi connectivity index (χ0) is 10.3. The monoisotopic (exact) mass is 206 g/mol. The lowest BCUT2D eigenvalue weighted by molar-refractivity contribution is -0.117. The molecule has 2 saturated heterocycles. The molecule has 3 heterocycles. The van der Waals surface area contributed by atoms with Gasteiger partial charge in [-0.2, -0.15) is 0 Å². The number of aliphatic hydroxyl groups is 1. The molecule has 15 heavy (non-hydrogen) atoms. The normalized spacial score (nSPS) is 39.3. The van der Waals surface area contributed by atoms with Crippen molar-refractivity contribution in [1.82, 2.24) is 9.97 Å². The van der Waals surface area contributed by atoms with Crippen molar-refractivity contribution in [3.8, 4) is 0 Å². The van der Waals surface area contributed by atoms with Gasteiger partial charge in [-0.3, -0.25) is 9.97 Å². The summed E-state index contributed by atoms with van der Waals surface area (Å²) in [5.74, 6) is 0. The maximum atomic E-state index is 10.5. The molecule has 1 aromatic heterocycles. The summed E-state index contributed by atoms with van der Waals surface area (Å²) in [6.07, 6.45) is 8.76. The molecule has 0 aliphatic carbocycles. The average Bonchev–Trinajstić information content (AvgIpc) is 2.60. The Morgan fingerprint density at radius 3 is 2.60 bits per heavy atom. The molecule has 0 spiro atoms. The van der Waals surface area contributed by atoms with Crippen LogP contribution in [0.4, 0.5) is 0 Å². The molecule has 4 nitrogen and oxygen atoms in total. The predicted octanol–water partition coefficient (Wildman–Crippen LogP) is 1.01. The van der Waals surface area contributed by atoms with Gasteiger partial charge in [-0.05, 0) is 12.8 Å². The number of hydrogen-bond donors (Lipinski definition) is 1. The van der Waals surface area contributed by atoms with Crippen LogP contribution in [0.5, 0.6) is 0 Å². The van der Waals surface area contributed by atoms with Crippen LogP contribution in [0.25, 0.3) is 0 Å². The molecule has 1 aromatic rings. The SMILES string of the molecule is OC1(c2cnccn2)CC2CCC(C1)O2. The lowest BCUT2D eigenvalue weighted by atomic mass is 9.87. The van der Waals surface area contributed by atoms with Gasteiger partial charge in [0.1, 0.15) is 5.60 Å². The lowest BCUT2D eigenvalue weighted by Gasteiger charge is -2.35. The van der Waals surface area contributed by atoms with Crippen LogP contribution in [0.1, 0.15) is 31.4 Å². The van der Waals surface area contributed by atoms with Crippen molar-refractivity contribution in [1.29, 1.82) is 0 Å². The summed E-state index contributed by atoms with van der Waals surface area (Å²) in [5, 5.41) is 10.5. The Bertz CT molecular complexity index is 343. The molecule has 0 aromatic carbocycles. The van der Waals surface area contributed by atoms with E-state index in [9.17, 15) is 5.11 Å². The second kappa shape index (κ2) is 3.25. The van der Waals surface area contributed by atoms with E-state index in [0.717, 1.165) is 12.8 Å². The smallest absolute Gasteiger partial charge is 0.113 e. The number of aromatic nitrogens is 2. The third-order valence-electron chi connectivity index (χ3n) is 3.37. The van der Waals surface area contributed by atoms with Gasteiger partial charge in [-0.15, -0.1) is 0 Å². The Labute approximate surface area is 88.3 Å². The first-order chi connectivity index (χ1) is 7.26. The van der Waals surface area contributed by atoms with Gasteiger partial charge in [0.2, 0.25) is 0 Å². The third kappa shape index (κ3) is 1.54. The second-order valence-electron chi connectivity index (χ2n) is 4.49. The number of hydrogen-bond acceptors (Lipinski definition) is 4. The number of nitrogens with zero attached hydrogens (tertiary/aromatic N) is 2. The van der Waals surface area contributed by atoms with Gasteiger partial charge in [0.15, 0.2) is 0 Å². The van der Waals surface area contributed by atoms with Gasteiger partial charge in [0.05, 0.1) is 24.1 Å². The molecular formula is C11H14N2O2. The summed E-state index contributed by atoms with van der Waals surface area (Å²) in [7, 11) is 0. The summed E-state index contributed by atoms with van der Waals surface area (Å²) in [6, 6.07) is 0. The minimum atomic E-state index is -0.821. The molecule has 0 saturated carbocycles. The minimum Gasteiger partial charge on any atom is -0.383 e. The molecule has 2 atom stereocenters. The van der Waals surface area contributed by atoms with E-state index in [-0.39, 0.29) is 12.2 Å². The Hall–Kier alpha value is -1.00. The molecule has 80 valence electrons. The van der Waals surface area contributed by atoms with Crippen LogP contribution in [0.3, 0.4) is 0 Å². The maximum absolute atomic E-state index is 10.5. The highest BCUT2D eigenvalue weighted by atomic mass is 16.5. The van der Waals surface area contributed by atoms with E-state index in [2.05, 4.69) is 9.97 Å². The van der Waals surface area contributed by atoms with Crippen LogP contribution >= 0.6 is 0 Å². The quantitative estimate of drug-likeness (QED) is 0.745. The molecule has 2 fully saturated rings. The van der Waals surface area contributed by atoms with Gasteiger partial charge >= 0.3 is 0 Å². The van der Waals surface area contributed by atoms with Gasteiger partial charge < -0.3 is 9.84 Å². The summed E-state index contributed by atoms with van der Waals surface area (Å²) in [5.41, 5.74) is -0.136. The number of fused-ring (bicyclic) bond motifs is 2. The Morgan fingerprint density at radius 2 is 2.00 bits per heavy atom. The summed E-state index contributed by atoms with van der Waals surface area (Å²) in [6.45, 7) is 0. The molecule has 0 amide bonds. The summed E-state index contributed by atoms with van der Waals surface area (Å²) < 4.78 is 5.71. The molecule has 2 unspecified atom stereocenters. The first-order valence-corrected chi connectivity index (χ1v) is 5.41. The molecule has 3 rings (SSSR count). The van der Waals surface area contributed by atoms with Crippen LogP contribution in [0, 0.1) is 0 Å². The van der Waals surface area contributed by atoms with Crippen LogP contribution in [0.15, 0.2) is 18.6 Å². The molecule has 4 heteroatoms. The topological polar surface area (TPSA) is 55.2 Å². The fourth-order valence-corrected chi connectivity index (χ4v) is 2.67. The van der Waals surface area contributed by atoms with Crippen molar-refractivity contribution in [3.63, 3.8) is 0 Å². The highest BCUT2D eigenvalue weighted by molar-refractivity contribution is 5.11. The largest absolute Gasteiger partial charge is 0.383 e. The number of ether oxygens (including phenoxy) is 1. The molecular weight excluding hydrogens is 192 g/mol. The third-order valence-corrected chi connectivity index (χ3v) is 3.37. The fraction of sp³-hybridized carbons (Fsp3) is 0.636. The predicted molar refractivity (Wildman–Crippen MR) is 53.1 cm³/mol. The van der Waals surface area contributed by atoms with Gasteiger partial charge in [0, 0.05) is 25.2 Å². The highest BCUT2D eigenvalue weighted by Gasteiger charge is 2.45. The Kier molecular flexibility index (Phi) is 2.00. The van der Waals surface area contributed by atoms with Crippen molar-refractivity contribution < 1.29 is 9.84 Å². The van der Waals surface area contributed by atoms with Crippen LogP contribution in [0.2, 0.25) is 0 Å². The molecule has 2 aliphatic rings. The first-order valence-electron chi connectivity index (χ1n) is 5.41. The van der Waals surface area contributed by atoms with Crippen molar-refractivity contribution in [2.75, 3.05) is 0 Å². The average molecular weight is 206 g/mol. The van der Waals surface area contributed by atoms with Crippen LogP contribution in [-0.2, 0) is 10.3 Å². The zero-order valence-corrected chi connectivity index (χ0v) is 8.47. The van der Waals surface area contributed by atoms with Crippen molar-refractivity contribution in [2.24, 2.45) is 0 Å². The first kappa shape index (κ1) is 9.24. The van der Waals surface area contributed by atoms with E-state index in [1.165, 1.54) is 0 Å². The van der Waals surface area contributed by atoms with Gasteiger partial charge in [0.25, 0.3) is 0 Å². The molecule has 2 bridgehead atoms. The molecule has 0 radical (unpaired) electrons. The van der Waals surface area contributed by atoms with Gasteiger partial charge in [-0.1, -0.05) is 0 Å². The van der Waals surface area contributed by atoms with Crippen LogP contribution < -0.4 is 0 Å². The summed E-state index contributed by atoms with van der Waals surface area (Å²) >= 11 is 0. The van der Waals surface area contributed by atoms with E-state index >= 15 is 0 Å². The van der Waals surface area contributed by atoms with Crippen molar-refractivity contribution in [2.45, 2.75) is 43.5 Å². The second-order valence-corrected chi connectivity index (χ2v) is 4.49. The van der Waals surface area contributed by atoms with Gasteiger partial charge in [-0.25, -0.2) is 0 Å². The van der Waals surface area contributed by atoms with E-state index in [4.69, 9.17) is 4.74 Å². The minimum absolute atomic E-state index is 0.204. The Morgan fingerprint density at radius 1 is 1.27 bits per heavy atom. The van der Waals surface area contributed by atoms with Crippen LogP contribution in [-0.4, -0.2) is 27.3 Å². The van der Waals surface area contributed by atoms with Crippen molar-refractivity contribution in [3.05, 3.63) is 24.3 Å². The van der Waals surface area contributed by atoms with E-state index in [0.29, 0.717) is 18.5 Å². The summed E-state index contributed by atoms with van der Waals surface area (Å²) in [4.78, 5) is 8.22. The maximum Gasteiger partial charge on any atom is 0.113 e. The Balaban J connectivity index is 1.91. The fourth-order valence-electron chi connectivity index (χ4n) is 2.67. The molecule has 1 N–H and O–H groups in total. The van der Waals surface area contributed by atoms with Crippen molar-refractivity contribution >= 4 is 0 Å².